The first-order valence-corrected chi connectivity index (χ1v) is 12.1. The lowest BCUT2D eigenvalue weighted by atomic mass is 10.2. The minimum atomic E-state index is -3.51. The molecule has 3 N–H and O–H groups in total. The third-order valence-electron chi connectivity index (χ3n) is 4.77. The maximum Gasteiger partial charge on any atom is 0.237 e. The Bertz CT molecular complexity index is 1150. The molecule has 0 saturated carbocycles. The zero-order valence-electron chi connectivity index (χ0n) is 17.1. The molecule has 0 aliphatic carbocycles. The van der Waals surface area contributed by atoms with Crippen LogP contribution in [0.3, 0.4) is 0 Å². The molecule has 4 rings (SSSR count). The van der Waals surface area contributed by atoms with Crippen LogP contribution in [0.1, 0.15) is 27.2 Å². The predicted octanol–water partition coefficient (Wildman–Crippen LogP) is 4.18. The van der Waals surface area contributed by atoms with E-state index in [0.29, 0.717) is 24.1 Å². The van der Waals surface area contributed by atoms with E-state index in [1.807, 2.05) is 17.5 Å². The van der Waals surface area contributed by atoms with E-state index in [2.05, 4.69) is 25.3 Å². The van der Waals surface area contributed by atoms with E-state index < -0.39 is 14.8 Å². The Labute approximate surface area is 180 Å². The standard InChI is InChI=1S/C20H25N5O3S2/c1-20(2,3)30(26,27)25-14-6-4-5-13(11-14)21-17-16-8-10-29-18(16)24-19(23-17)22-15-7-9-28-12-15/h4-6,8,10-11,15,25H,7,9,12H2,1-3H3,(H2,21,22,23,24). The molecule has 0 radical (unpaired) electrons. The van der Waals surface area contributed by atoms with Crippen LogP contribution >= 0.6 is 11.3 Å². The van der Waals surface area contributed by atoms with Gasteiger partial charge in [0, 0.05) is 12.3 Å². The number of benzene rings is 1. The fourth-order valence-electron chi connectivity index (χ4n) is 2.95. The van der Waals surface area contributed by atoms with Crippen molar-refractivity contribution in [3.8, 4) is 0 Å². The number of thiophene rings is 1. The average molecular weight is 448 g/mol. The third kappa shape index (κ3) is 4.50. The highest BCUT2D eigenvalue weighted by molar-refractivity contribution is 7.94. The molecule has 10 heteroatoms. The van der Waals surface area contributed by atoms with Gasteiger partial charge in [0.25, 0.3) is 0 Å². The summed E-state index contributed by atoms with van der Waals surface area (Å²) in [7, 11) is -3.51. The van der Waals surface area contributed by atoms with Crippen LogP contribution in [0.5, 0.6) is 0 Å². The van der Waals surface area contributed by atoms with Gasteiger partial charge < -0.3 is 15.4 Å². The van der Waals surface area contributed by atoms with Gasteiger partial charge in [-0.2, -0.15) is 4.98 Å². The van der Waals surface area contributed by atoms with E-state index in [1.165, 1.54) is 0 Å². The highest BCUT2D eigenvalue weighted by Gasteiger charge is 2.29. The highest BCUT2D eigenvalue weighted by Crippen LogP contribution is 2.30. The number of aromatic nitrogens is 2. The minimum absolute atomic E-state index is 0.199. The average Bonchev–Trinajstić information content (AvgIpc) is 3.32. The summed E-state index contributed by atoms with van der Waals surface area (Å²) in [5, 5.41) is 9.53. The summed E-state index contributed by atoms with van der Waals surface area (Å²) in [6, 6.07) is 9.31. The van der Waals surface area contributed by atoms with Crippen LogP contribution in [0, 0.1) is 0 Å². The molecule has 160 valence electrons. The first-order chi connectivity index (χ1) is 14.2. The Morgan fingerprint density at radius 3 is 2.70 bits per heavy atom. The van der Waals surface area contributed by atoms with Crippen LogP contribution in [0.25, 0.3) is 10.2 Å². The molecule has 3 aromatic rings. The molecule has 0 amide bonds. The van der Waals surface area contributed by atoms with Crippen LogP contribution in [0.15, 0.2) is 35.7 Å². The van der Waals surface area contributed by atoms with E-state index in [-0.39, 0.29) is 6.04 Å². The number of nitrogens with zero attached hydrogens (tertiary/aromatic N) is 2. The summed E-state index contributed by atoms with van der Waals surface area (Å²) in [5.74, 6) is 1.21. The molecule has 8 nitrogen and oxygen atoms in total. The molecule has 0 bridgehead atoms. The van der Waals surface area contributed by atoms with Crippen molar-refractivity contribution in [3.63, 3.8) is 0 Å². The lowest BCUT2D eigenvalue weighted by Crippen LogP contribution is -2.33. The van der Waals surface area contributed by atoms with E-state index in [4.69, 9.17) is 4.74 Å². The molecular formula is C20H25N5O3S2. The Morgan fingerprint density at radius 1 is 1.17 bits per heavy atom. The van der Waals surface area contributed by atoms with Crippen LogP contribution < -0.4 is 15.4 Å². The number of nitrogens with one attached hydrogen (secondary N) is 3. The topological polar surface area (TPSA) is 105 Å². The van der Waals surface area contributed by atoms with Crippen LogP contribution in [0.4, 0.5) is 23.1 Å². The molecule has 1 aromatic carbocycles. The summed E-state index contributed by atoms with van der Waals surface area (Å²) in [5.41, 5.74) is 1.22. The van der Waals surface area contributed by atoms with E-state index >= 15 is 0 Å². The van der Waals surface area contributed by atoms with Gasteiger partial charge in [-0.3, -0.25) is 4.72 Å². The van der Waals surface area contributed by atoms with Gasteiger partial charge in [0.2, 0.25) is 16.0 Å². The summed E-state index contributed by atoms with van der Waals surface area (Å²) in [4.78, 5) is 10.1. The minimum Gasteiger partial charge on any atom is -0.379 e. The van der Waals surface area contributed by atoms with Crippen molar-refractivity contribution in [1.29, 1.82) is 0 Å². The van der Waals surface area contributed by atoms with Crippen molar-refractivity contribution in [1.82, 2.24) is 9.97 Å². The molecule has 1 fully saturated rings. The number of anilines is 4. The fourth-order valence-corrected chi connectivity index (χ4v) is 4.46. The van der Waals surface area contributed by atoms with Gasteiger partial charge in [0.1, 0.15) is 10.6 Å². The molecule has 1 aliphatic rings. The first-order valence-electron chi connectivity index (χ1n) is 9.70. The molecule has 0 spiro atoms. The van der Waals surface area contributed by atoms with Gasteiger partial charge in [-0.15, -0.1) is 11.3 Å². The molecule has 2 aromatic heterocycles. The molecule has 1 aliphatic heterocycles. The normalized spacial score (nSPS) is 17.2. The molecule has 3 heterocycles. The Balaban J connectivity index is 1.60. The summed E-state index contributed by atoms with van der Waals surface area (Å²) < 4.78 is 32.1. The largest absolute Gasteiger partial charge is 0.379 e. The van der Waals surface area contributed by atoms with Gasteiger partial charge in [-0.1, -0.05) is 6.07 Å². The maximum absolute atomic E-state index is 12.5. The Hall–Kier alpha value is -2.43. The van der Waals surface area contributed by atoms with E-state index in [1.54, 1.807) is 50.3 Å². The SMILES string of the molecule is CC(C)(C)S(=O)(=O)Nc1cccc(Nc2nc(NC3CCOC3)nc3sccc23)c1. The second kappa shape index (κ2) is 8.01. The van der Waals surface area contributed by atoms with Gasteiger partial charge >= 0.3 is 0 Å². The number of sulfonamides is 1. The van der Waals surface area contributed by atoms with Crippen molar-refractivity contribution in [2.75, 3.05) is 28.6 Å². The van der Waals surface area contributed by atoms with Crippen molar-refractivity contribution >= 4 is 54.7 Å². The number of ether oxygens (including phenoxy) is 1. The summed E-state index contributed by atoms with van der Waals surface area (Å²) in [6.07, 6.45) is 0.921. The van der Waals surface area contributed by atoms with Crippen molar-refractivity contribution in [2.45, 2.75) is 38.0 Å². The first kappa shape index (κ1) is 20.8. The summed E-state index contributed by atoms with van der Waals surface area (Å²) in [6.45, 7) is 6.37. The lowest BCUT2D eigenvalue weighted by molar-refractivity contribution is 0.195. The molecule has 1 atom stereocenters. The van der Waals surface area contributed by atoms with Gasteiger partial charge in [-0.05, 0) is 56.8 Å². The zero-order chi connectivity index (χ0) is 21.4. The number of hydrogen-bond donors (Lipinski definition) is 3. The van der Waals surface area contributed by atoms with Crippen molar-refractivity contribution in [2.24, 2.45) is 0 Å². The number of fused-ring (bicyclic) bond motifs is 1. The zero-order valence-corrected chi connectivity index (χ0v) is 18.7. The van der Waals surface area contributed by atoms with Gasteiger partial charge in [-0.25, -0.2) is 13.4 Å². The lowest BCUT2D eigenvalue weighted by Gasteiger charge is -2.20. The Morgan fingerprint density at radius 2 is 1.97 bits per heavy atom. The quantitative estimate of drug-likeness (QED) is 0.521. The highest BCUT2D eigenvalue weighted by atomic mass is 32.2. The van der Waals surface area contributed by atoms with E-state index in [9.17, 15) is 8.42 Å². The molecule has 1 saturated heterocycles. The van der Waals surface area contributed by atoms with Crippen LogP contribution in [-0.4, -0.2) is 42.4 Å². The van der Waals surface area contributed by atoms with E-state index in [0.717, 1.165) is 28.9 Å². The Kier molecular flexibility index (Phi) is 5.56. The fraction of sp³-hybridized carbons (Fsp3) is 0.400. The third-order valence-corrected chi connectivity index (χ3v) is 7.70. The van der Waals surface area contributed by atoms with Crippen LogP contribution in [-0.2, 0) is 14.8 Å². The number of rotatable bonds is 6. The summed E-state index contributed by atoms with van der Waals surface area (Å²) >= 11 is 1.54. The molecule has 1 unspecified atom stereocenters. The second-order valence-corrected chi connectivity index (χ2v) is 11.5. The maximum atomic E-state index is 12.5. The number of hydrogen-bond acceptors (Lipinski definition) is 8. The van der Waals surface area contributed by atoms with Gasteiger partial charge in [0.15, 0.2) is 0 Å². The smallest absolute Gasteiger partial charge is 0.237 e. The van der Waals surface area contributed by atoms with Crippen LogP contribution in [0.2, 0.25) is 0 Å². The molecular weight excluding hydrogens is 422 g/mol. The van der Waals surface area contributed by atoms with Gasteiger partial charge in [0.05, 0.1) is 28.5 Å². The van der Waals surface area contributed by atoms with Crippen molar-refractivity contribution < 1.29 is 13.2 Å². The monoisotopic (exact) mass is 447 g/mol. The molecule has 30 heavy (non-hydrogen) atoms. The predicted molar refractivity (Wildman–Crippen MR) is 122 cm³/mol. The van der Waals surface area contributed by atoms with Crippen molar-refractivity contribution in [3.05, 3.63) is 35.7 Å². The second-order valence-electron chi connectivity index (χ2n) is 8.16.